The van der Waals surface area contributed by atoms with E-state index in [2.05, 4.69) is 4.72 Å². The third-order valence-electron chi connectivity index (χ3n) is 2.15. The predicted molar refractivity (Wildman–Crippen MR) is 67.4 cm³/mol. The lowest BCUT2D eigenvalue weighted by Gasteiger charge is -2.14. The van der Waals surface area contributed by atoms with Gasteiger partial charge in [-0.2, -0.15) is 0 Å². The summed E-state index contributed by atoms with van der Waals surface area (Å²) >= 11 is 0.857. The number of hydrogen-bond donors (Lipinski definition) is 3. The Morgan fingerprint density at radius 3 is 2.56 bits per heavy atom. The molecule has 1 aromatic heterocycles. The van der Waals surface area contributed by atoms with Gasteiger partial charge in [0.25, 0.3) is 0 Å². The van der Waals surface area contributed by atoms with Gasteiger partial charge in [-0.25, -0.2) is 17.9 Å². The molecular weight excluding hydrogens is 278 g/mol. The van der Waals surface area contributed by atoms with E-state index in [1.807, 2.05) is 0 Å². The number of aliphatic hydroxyl groups excluding tert-OH is 1. The number of aliphatic hydroxyl groups is 1. The van der Waals surface area contributed by atoms with E-state index in [1.54, 1.807) is 13.8 Å². The molecule has 0 saturated heterocycles. The molecule has 0 spiro atoms. The Hall–Kier alpha value is -0.960. The maximum atomic E-state index is 11.9. The van der Waals surface area contributed by atoms with E-state index in [1.165, 1.54) is 5.38 Å². The van der Waals surface area contributed by atoms with Crippen molar-refractivity contribution in [3.05, 3.63) is 16.3 Å². The van der Waals surface area contributed by atoms with Gasteiger partial charge in [-0.1, -0.05) is 0 Å². The van der Waals surface area contributed by atoms with Crippen molar-refractivity contribution in [3.63, 3.8) is 0 Å². The normalized spacial score (nSPS) is 15.3. The summed E-state index contributed by atoms with van der Waals surface area (Å²) < 4.78 is 26.1. The van der Waals surface area contributed by atoms with Crippen molar-refractivity contribution < 1.29 is 23.4 Å². The van der Waals surface area contributed by atoms with Crippen LogP contribution < -0.4 is 4.72 Å². The van der Waals surface area contributed by atoms with Gasteiger partial charge < -0.3 is 10.2 Å². The first kappa shape index (κ1) is 15.1. The van der Waals surface area contributed by atoms with Gasteiger partial charge >= 0.3 is 5.97 Å². The molecule has 1 aromatic rings. The quantitative estimate of drug-likeness (QED) is 0.722. The molecule has 0 amide bonds. The topological polar surface area (TPSA) is 104 Å². The minimum atomic E-state index is -3.73. The van der Waals surface area contributed by atoms with Crippen LogP contribution in [0.5, 0.6) is 0 Å². The van der Waals surface area contributed by atoms with Crippen LogP contribution in [0.2, 0.25) is 0 Å². The first-order valence-corrected chi connectivity index (χ1v) is 7.61. The minimum Gasteiger partial charge on any atom is -0.477 e. The van der Waals surface area contributed by atoms with E-state index >= 15 is 0 Å². The number of aromatic carboxylic acids is 1. The van der Waals surface area contributed by atoms with Crippen LogP contribution in [0.4, 0.5) is 0 Å². The number of hydrogen-bond acceptors (Lipinski definition) is 5. The van der Waals surface area contributed by atoms with Crippen molar-refractivity contribution in [1.82, 2.24) is 4.72 Å². The van der Waals surface area contributed by atoms with Gasteiger partial charge in [0, 0.05) is 11.4 Å². The molecule has 6 nitrogen and oxygen atoms in total. The van der Waals surface area contributed by atoms with Crippen molar-refractivity contribution in [1.29, 1.82) is 0 Å². The summed E-state index contributed by atoms with van der Waals surface area (Å²) in [4.78, 5) is 10.6. The highest BCUT2D eigenvalue weighted by molar-refractivity contribution is 7.89. The second kappa shape index (κ2) is 5.79. The van der Waals surface area contributed by atoms with Crippen LogP contribution in [0.25, 0.3) is 0 Å². The Labute approximate surface area is 109 Å². The van der Waals surface area contributed by atoms with Crippen LogP contribution in [-0.4, -0.2) is 36.7 Å². The molecule has 8 heteroatoms. The molecule has 0 bridgehead atoms. The van der Waals surface area contributed by atoms with Gasteiger partial charge in [0.05, 0.1) is 11.0 Å². The zero-order valence-electron chi connectivity index (χ0n) is 9.95. The minimum absolute atomic E-state index is 0.0291. The highest BCUT2D eigenvalue weighted by Gasteiger charge is 2.21. The Morgan fingerprint density at radius 2 is 2.11 bits per heavy atom. The van der Waals surface area contributed by atoms with Crippen LogP contribution in [0.15, 0.2) is 16.3 Å². The van der Waals surface area contributed by atoms with E-state index in [0.29, 0.717) is 0 Å². The molecule has 0 radical (unpaired) electrons. The van der Waals surface area contributed by atoms with Crippen LogP contribution in [0, 0.1) is 0 Å². The van der Waals surface area contributed by atoms with Gasteiger partial charge in [-0.15, -0.1) is 11.3 Å². The first-order valence-electron chi connectivity index (χ1n) is 5.24. The SMILES string of the molecule is CC(O)CC(C)NS(=O)(=O)c1csc(C(=O)O)c1. The van der Waals surface area contributed by atoms with Gasteiger partial charge in [0.15, 0.2) is 0 Å². The summed E-state index contributed by atoms with van der Waals surface area (Å²) in [5.74, 6) is -1.15. The number of thiophene rings is 1. The van der Waals surface area contributed by atoms with E-state index < -0.39 is 28.1 Å². The summed E-state index contributed by atoms with van der Waals surface area (Å²) in [7, 11) is -3.73. The lowest BCUT2D eigenvalue weighted by atomic mass is 10.2. The van der Waals surface area contributed by atoms with Gasteiger partial charge in [-0.3, -0.25) is 0 Å². The van der Waals surface area contributed by atoms with Gasteiger partial charge in [0.1, 0.15) is 4.88 Å². The third-order valence-corrected chi connectivity index (χ3v) is 4.78. The lowest BCUT2D eigenvalue weighted by molar-refractivity contribution is 0.0702. The highest BCUT2D eigenvalue weighted by Crippen LogP contribution is 2.19. The van der Waals surface area contributed by atoms with Crippen molar-refractivity contribution >= 4 is 27.3 Å². The number of carboxylic acid groups (broad SMARTS) is 1. The largest absolute Gasteiger partial charge is 0.477 e. The second-order valence-corrected chi connectivity index (χ2v) is 6.68. The standard InChI is InChI=1S/C10H15NO5S2/c1-6(3-7(2)12)11-18(15,16)8-4-9(10(13)14)17-5-8/h4-7,11-12H,3H2,1-2H3,(H,13,14). The summed E-state index contributed by atoms with van der Waals surface area (Å²) in [6.45, 7) is 3.20. The van der Waals surface area contributed by atoms with E-state index in [4.69, 9.17) is 10.2 Å². The molecule has 102 valence electrons. The lowest BCUT2D eigenvalue weighted by Crippen LogP contribution is -2.34. The average Bonchev–Trinajstić information content (AvgIpc) is 2.63. The van der Waals surface area contributed by atoms with E-state index in [9.17, 15) is 13.2 Å². The Kier molecular flexibility index (Phi) is 4.85. The van der Waals surface area contributed by atoms with Gasteiger partial charge in [0.2, 0.25) is 10.0 Å². The monoisotopic (exact) mass is 293 g/mol. The molecule has 18 heavy (non-hydrogen) atoms. The molecular formula is C10H15NO5S2. The Morgan fingerprint density at radius 1 is 1.50 bits per heavy atom. The van der Waals surface area contributed by atoms with Crippen molar-refractivity contribution in [2.24, 2.45) is 0 Å². The maximum Gasteiger partial charge on any atom is 0.345 e. The molecule has 0 saturated carbocycles. The summed E-state index contributed by atoms with van der Waals surface area (Å²) in [6.07, 6.45) is -0.324. The summed E-state index contributed by atoms with van der Waals surface area (Å²) in [5.41, 5.74) is 0. The molecule has 0 aliphatic rings. The zero-order chi connectivity index (χ0) is 13.9. The van der Waals surface area contributed by atoms with E-state index in [-0.39, 0.29) is 16.2 Å². The number of sulfonamides is 1. The molecule has 3 N–H and O–H groups in total. The molecule has 0 fully saturated rings. The molecule has 1 rings (SSSR count). The number of carbonyl (C=O) groups is 1. The first-order chi connectivity index (χ1) is 8.22. The van der Waals surface area contributed by atoms with Crippen LogP contribution >= 0.6 is 11.3 Å². The maximum absolute atomic E-state index is 11.9. The summed E-state index contributed by atoms with van der Waals surface area (Å²) in [6, 6.07) is 0.688. The highest BCUT2D eigenvalue weighted by atomic mass is 32.2. The molecule has 0 aliphatic carbocycles. The molecule has 2 atom stereocenters. The second-order valence-electron chi connectivity index (χ2n) is 4.06. The number of nitrogens with one attached hydrogen (secondary N) is 1. The van der Waals surface area contributed by atoms with Crippen molar-refractivity contribution in [2.75, 3.05) is 0 Å². The van der Waals surface area contributed by atoms with Crippen LogP contribution in [0.1, 0.15) is 29.9 Å². The molecule has 0 aromatic carbocycles. The molecule has 2 unspecified atom stereocenters. The van der Waals surface area contributed by atoms with Gasteiger partial charge in [-0.05, 0) is 26.3 Å². The van der Waals surface area contributed by atoms with E-state index in [0.717, 1.165) is 17.4 Å². The zero-order valence-corrected chi connectivity index (χ0v) is 11.6. The fourth-order valence-electron chi connectivity index (χ4n) is 1.46. The van der Waals surface area contributed by atoms with Crippen LogP contribution in [-0.2, 0) is 10.0 Å². The number of rotatable bonds is 6. The summed E-state index contributed by atoms with van der Waals surface area (Å²) in [5, 5.41) is 19.2. The number of carboxylic acids is 1. The van der Waals surface area contributed by atoms with Crippen molar-refractivity contribution in [3.8, 4) is 0 Å². The van der Waals surface area contributed by atoms with Crippen LogP contribution in [0.3, 0.4) is 0 Å². The molecule has 1 heterocycles. The fourth-order valence-corrected chi connectivity index (χ4v) is 3.83. The predicted octanol–water partition coefficient (Wildman–Crippen LogP) is 0.884. The average molecular weight is 293 g/mol. The molecule has 0 aliphatic heterocycles. The van der Waals surface area contributed by atoms with Crippen molar-refractivity contribution in [2.45, 2.75) is 37.3 Å². The smallest absolute Gasteiger partial charge is 0.345 e. The Balaban J connectivity index is 2.82. The fraction of sp³-hybridized carbons (Fsp3) is 0.500. The third kappa shape index (κ3) is 4.05. The Bertz CT molecular complexity index is 520.